The van der Waals surface area contributed by atoms with Crippen molar-refractivity contribution in [1.82, 2.24) is 10.2 Å². The summed E-state index contributed by atoms with van der Waals surface area (Å²) in [4.78, 5) is 0. The Kier molecular flexibility index (Phi) is 2.57. The summed E-state index contributed by atoms with van der Waals surface area (Å²) in [6.45, 7) is 13.4. The molecule has 0 atom stereocenters. The van der Waals surface area contributed by atoms with Crippen molar-refractivity contribution >= 4 is 10.9 Å². The first-order valence-electron chi connectivity index (χ1n) is 6.19. The van der Waals surface area contributed by atoms with Crippen molar-refractivity contribution in [3.8, 4) is 0 Å². The van der Waals surface area contributed by atoms with Crippen LogP contribution in [0.3, 0.4) is 0 Å². The monoisotopic (exact) mass is 230 g/mol. The van der Waals surface area contributed by atoms with E-state index in [1.165, 1.54) is 16.6 Å². The second kappa shape index (κ2) is 3.59. The standard InChI is InChI=1S/C15H22N2/c1-14(2,3)10-7-8-12-11(9-10)13(17-16-12)15(4,5)6/h7-9H,1-6H3,(H,16,17). The molecule has 0 saturated carbocycles. The third-order valence-corrected chi connectivity index (χ3v) is 3.17. The van der Waals surface area contributed by atoms with E-state index in [2.05, 4.69) is 69.9 Å². The zero-order chi connectivity index (χ0) is 12.8. The van der Waals surface area contributed by atoms with E-state index in [1.807, 2.05) is 0 Å². The molecule has 0 saturated heterocycles. The Bertz CT molecular complexity index is 536. The SMILES string of the molecule is CC(C)(C)c1ccc2n[nH]c(C(C)(C)C)c2c1. The Hall–Kier alpha value is -1.31. The lowest BCUT2D eigenvalue weighted by atomic mass is 9.84. The highest BCUT2D eigenvalue weighted by Gasteiger charge is 2.21. The maximum Gasteiger partial charge on any atom is 0.0924 e. The van der Waals surface area contributed by atoms with Crippen LogP contribution >= 0.6 is 0 Å². The fraction of sp³-hybridized carbons (Fsp3) is 0.533. The number of nitrogens with one attached hydrogen (secondary N) is 1. The van der Waals surface area contributed by atoms with Gasteiger partial charge in [0.1, 0.15) is 0 Å². The van der Waals surface area contributed by atoms with E-state index in [-0.39, 0.29) is 10.8 Å². The van der Waals surface area contributed by atoms with Crippen molar-refractivity contribution in [3.05, 3.63) is 29.5 Å². The van der Waals surface area contributed by atoms with Gasteiger partial charge in [0.2, 0.25) is 0 Å². The summed E-state index contributed by atoms with van der Waals surface area (Å²) >= 11 is 0. The van der Waals surface area contributed by atoms with E-state index in [9.17, 15) is 0 Å². The maximum atomic E-state index is 4.38. The molecule has 0 amide bonds. The van der Waals surface area contributed by atoms with Crippen LogP contribution in [0.2, 0.25) is 0 Å². The molecule has 92 valence electrons. The van der Waals surface area contributed by atoms with Gasteiger partial charge >= 0.3 is 0 Å². The highest BCUT2D eigenvalue weighted by molar-refractivity contribution is 5.83. The molecule has 0 radical (unpaired) electrons. The number of fused-ring (bicyclic) bond motifs is 1. The minimum atomic E-state index is 0.102. The summed E-state index contributed by atoms with van der Waals surface area (Å²) in [6.07, 6.45) is 0. The molecule has 1 aromatic heterocycles. The van der Waals surface area contributed by atoms with Crippen LogP contribution in [0.1, 0.15) is 52.8 Å². The van der Waals surface area contributed by atoms with Crippen LogP contribution in [-0.4, -0.2) is 10.2 Å². The van der Waals surface area contributed by atoms with Gasteiger partial charge in [-0.15, -0.1) is 0 Å². The first-order chi connectivity index (χ1) is 7.69. The fourth-order valence-corrected chi connectivity index (χ4v) is 2.05. The third kappa shape index (κ3) is 2.21. The molecule has 0 fully saturated rings. The van der Waals surface area contributed by atoms with Crippen LogP contribution in [0.15, 0.2) is 18.2 Å². The first-order valence-corrected chi connectivity index (χ1v) is 6.19. The van der Waals surface area contributed by atoms with Crippen molar-refractivity contribution in [2.45, 2.75) is 52.4 Å². The van der Waals surface area contributed by atoms with E-state index < -0.39 is 0 Å². The van der Waals surface area contributed by atoms with E-state index in [1.54, 1.807) is 0 Å². The van der Waals surface area contributed by atoms with Crippen LogP contribution < -0.4 is 0 Å². The lowest BCUT2D eigenvalue weighted by Gasteiger charge is -2.20. The molecule has 2 heteroatoms. The van der Waals surface area contributed by atoms with Crippen molar-refractivity contribution in [2.24, 2.45) is 0 Å². The Morgan fingerprint density at radius 2 is 1.59 bits per heavy atom. The maximum absolute atomic E-state index is 4.38. The van der Waals surface area contributed by atoms with E-state index >= 15 is 0 Å². The number of rotatable bonds is 0. The van der Waals surface area contributed by atoms with Crippen molar-refractivity contribution in [2.75, 3.05) is 0 Å². The molecule has 1 aromatic carbocycles. The van der Waals surface area contributed by atoms with Crippen LogP contribution in [0.5, 0.6) is 0 Å². The molecular formula is C15H22N2. The number of hydrogen-bond donors (Lipinski definition) is 1. The number of aromatic nitrogens is 2. The second-order valence-corrected chi connectivity index (χ2v) is 6.83. The Labute approximate surface area is 103 Å². The zero-order valence-corrected chi connectivity index (χ0v) is 11.7. The van der Waals surface area contributed by atoms with Crippen LogP contribution in [0.25, 0.3) is 10.9 Å². The summed E-state index contributed by atoms with van der Waals surface area (Å²) < 4.78 is 0. The molecular weight excluding hydrogens is 208 g/mol. The highest BCUT2D eigenvalue weighted by Crippen LogP contribution is 2.31. The van der Waals surface area contributed by atoms with Crippen molar-refractivity contribution in [1.29, 1.82) is 0 Å². The van der Waals surface area contributed by atoms with Crippen molar-refractivity contribution < 1.29 is 0 Å². The number of nitrogens with zero attached hydrogens (tertiary/aromatic N) is 1. The molecule has 1 N–H and O–H groups in total. The summed E-state index contributed by atoms with van der Waals surface area (Å²) in [5, 5.41) is 8.82. The summed E-state index contributed by atoms with van der Waals surface area (Å²) in [7, 11) is 0. The molecule has 0 unspecified atom stereocenters. The van der Waals surface area contributed by atoms with Crippen LogP contribution in [0, 0.1) is 0 Å². The van der Waals surface area contributed by atoms with Gasteiger partial charge in [0.05, 0.1) is 5.52 Å². The van der Waals surface area contributed by atoms with E-state index in [4.69, 9.17) is 0 Å². The van der Waals surface area contributed by atoms with Gasteiger partial charge in [0.15, 0.2) is 0 Å². The minimum Gasteiger partial charge on any atom is -0.281 e. The highest BCUT2D eigenvalue weighted by atomic mass is 15.1. The topological polar surface area (TPSA) is 28.7 Å². The molecule has 17 heavy (non-hydrogen) atoms. The fourth-order valence-electron chi connectivity index (χ4n) is 2.05. The summed E-state index contributed by atoms with van der Waals surface area (Å²) in [5.74, 6) is 0. The predicted octanol–water partition coefficient (Wildman–Crippen LogP) is 4.16. The molecule has 2 aromatic rings. The lowest BCUT2D eigenvalue weighted by molar-refractivity contribution is 0.570. The van der Waals surface area contributed by atoms with Gasteiger partial charge < -0.3 is 0 Å². The average Bonchev–Trinajstić information content (AvgIpc) is 2.57. The molecule has 0 aliphatic rings. The molecule has 0 aliphatic heterocycles. The number of benzene rings is 1. The molecule has 1 heterocycles. The largest absolute Gasteiger partial charge is 0.281 e. The van der Waals surface area contributed by atoms with Gasteiger partial charge in [-0.1, -0.05) is 47.6 Å². The number of aromatic amines is 1. The van der Waals surface area contributed by atoms with Gasteiger partial charge in [-0.2, -0.15) is 5.10 Å². The Morgan fingerprint density at radius 1 is 0.941 bits per heavy atom. The number of H-pyrrole nitrogens is 1. The molecule has 2 rings (SSSR count). The number of hydrogen-bond acceptors (Lipinski definition) is 1. The van der Waals surface area contributed by atoms with E-state index in [0.29, 0.717) is 0 Å². The third-order valence-electron chi connectivity index (χ3n) is 3.17. The minimum absolute atomic E-state index is 0.102. The lowest BCUT2D eigenvalue weighted by Crippen LogP contribution is -2.13. The van der Waals surface area contributed by atoms with Gasteiger partial charge in [-0.25, -0.2) is 0 Å². The van der Waals surface area contributed by atoms with Gasteiger partial charge in [-0.3, -0.25) is 5.10 Å². The first kappa shape index (κ1) is 12.2. The van der Waals surface area contributed by atoms with Crippen molar-refractivity contribution in [3.63, 3.8) is 0 Å². The zero-order valence-electron chi connectivity index (χ0n) is 11.7. The summed E-state index contributed by atoms with van der Waals surface area (Å²) in [6, 6.07) is 6.57. The Balaban J connectivity index is 2.67. The predicted molar refractivity (Wildman–Crippen MR) is 73.5 cm³/mol. The second-order valence-electron chi connectivity index (χ2n) is 6.83. The molecule has 2 nitrogen and oxygen atoms in total. The molecule has 0 aliphatic carbocycles. The van der Waals surface area contributed by atoms with Gasteiger partial charge in [0.25, 0.3) is 0 Å². The molecule has 0 bridgehead atoms. The van der Waals surface area contributed by atoms with E-state index in [0.717, 1.165) is 5.52 Å². The average molecular weight is 230 g/mol. The van der Waals surface area contributed by atoms with Gasteiger partial charge in [0, 0.05) is 16.5 Å². The van der Waals surface area contributed by atoms with Gasteiger partial charge in [-0.05, 0) is 23.1 Å². The Morgan fingerprint density at radius 3 is 2.12 bits per heavy atom. The molecule has 0 spiro atoms. The quantitative estimate of drug-likeness (QED) is 0.723. The normalized spacial score (nSPS) is 13.3. The summed E-state index contributed by atoms with van der Waals surface area (Å²) in [5.41, 5.74) is 3.92. The van der Waals surface area contributed by atoms with Crippen LogP contribution in [-0.2, 0) is 10.8 Å². The smallest absolute Gasteiger partial charge is 0.0924 e. The van der Waals surface area contributed by atoms with Crippen LogP contribution in [0.4, 0.5) is 0 Å².